The van der Waals surface area contributed by atoms with Crippen molar-refractivity contribution in [3.05, 3.63) is 34.6 Å². The van der Waals surface area contributed by atoms with Crippen molar-refractivity contribution in [2.45, 2.75) is 12.4 Å². The minimum absolute atomic E-state index is 0.225. The van der Waals surface area contributed by atoms with Crippen molar-refractivity contribution in [2.24, 2.45) is 0 Å². The molecule has 0 saturated heterocycles. The summed E-state index contributed by atoms with van der Waals surface area (Å²) in [7, 11) is 0. The summed E-state index contributed by atoms with van der Waals surface area (Å²) >= 11 is 0. The molecule has 1 aromatic carbocycles. The lowest BCUT2D eigenvalue weighted by Gasteiger charge is -2.06. The van der Waals surface area contributed by atoms with E-state index in [2.05, 4.69) is 15.0 Å². The third-order valence-corrected chi connectivity index (χ3v) is 2.20. The maximum atomic E-state index is 11.2. The van der Waals surface area contributed by atoms with Crippen LogP contribution < -0.4 is 5.56 Å². The summed E-state index contributed by atoms with van der Waals surface area (Å²) < 4.78 is 69.7. The Bertz CT molecular complexity index is 820. The van der Waals surface area contributed by atoms with E-state index >= 15 is 0 Å². The summed E-state index contributed by atoms with van der Waals surface area (Å²) in [6, 6.07) is 6.69. The summed E-state index contributed by atoms with van der Waals surface area (Å²) in [6.07, 6.45) is -11.2. The Hall–Kier alpha value is -3.19. The van der Waals surface area contributed by atoms with E-state index in [-0.39, 0.29) is 4.85 Å². The van der Waals surface area contributed by atoms with Gasteiger partial charge in [0.15, 0.2) is 0 Å². The maximum absolute atomic E-state index is 11.2. The van der Waals surface area contributed by atoms with Crippen LogP contribution in [0.25, 0.3) is 10.9 Å². The number of benzene rings is 1. The first kappa shape index (κ1) is 19.9. The van der Waals surface area contributed by atoms with Crippen molar-refractivity contribution >= 4 is 22.8 Å². The van der Waals surface area contributed by atoms with E-state index in [1.165, 1.54) is 0 Å². The van der Waals surface area contributed by atoms with Crippen molar-refractivity contribution < 1.29 is 45.9 Å². The van der Waals surface area contributed by atoms with Gasteiger partial charge in [-0.1, -0.05) is 12.1 Å². The zero-order valence-electron chi connectivity index (χ0n) is 11.5. The number of alkyl halides is 6. The Balaban J connectivity index is 0.000000250. The number of carbonyl (C=O) groups excluding carboxylic acids is 2. The second kappa shape index (κ2) is 7.14. The molecule has 0 aliphatic heterocycles. The van der Waals surface area contributed by atoms with Crippen molar-refractivity contribution in [1.29, 1.82) is 0 Å². The molecule has 0 bridgehead atoms. The van der Waals surface area contributed by atoms with Crippen LogP contribution in [0.1, 0.15) is 0 Å². The fraction of sp³-hybridized carbons (Fsp3) is 0.182. The van der Waals surface area contributed by atoms with Crippen LogP contribution in [0.2, 0.25) is 0 Å². The quantitative estimate of drug-likeness (QED) is 0.320. The fourth-order valence-electron chi connectivity index (χ4n) is 1.18. The van der Waals surface area contributed by atoms with E-state index in [9.17, 15) is 40.7 Å². The van der Waals surface area contributed by atoms with Crippen molar-refractivity contribution in [3.63, 3.8) is 0 Å². The molecule has 2 aromatic rings. The summed E-state index contributed by atoms with van der Waals surface area (Å²) in [5.74, 6) is -6.40. The molecule has 0 amide bonds. The smallest absolute Gasteiger partial charge is 0.407 e. The van der Waals surface area contributed by atoms with E-state index in [1.807, 2.05) is 0 Å². The Morgan fingerprint density at radius 3 is 1.96 bits per heavy atom. The highest BCUT2D eigenvalue weighted by Gasteiger charge is 2.49. The van der Waals surface area contributed by atoms with Gasteiger partial charge in [0.2, 0.25) is 0 Å². The molecule has 0 saturated carbocycles. The number of ether oxygens (including phenoxy) is 1. The molecule has 1 heterocycles. The molecule has 1 N–H and O–H groups in total. The molecular weight excluding hydrogens is 368 g/mol. The summed E-state index contributed by atoms with van der Waals surface area (Å²) in [6.45, 7) is 0. The second-order valence-electron chi connectivity index (χ2n) is 3.97. The van der Waals surface area contributed by atoms with Gasteiger partial charge in [0.05, 0.1) is 5.39 Å². The molecule has 0 radical (unpaired) electrons. The number of nitrogens with zero attached hydrogens (tertiary/aromatic N) is 3. The first-order chi connectivity index (χ1) is 11.3. The lowest BCUT2D eigenvalue weighted by Crippen LogP contribution is -2.34. The number of rotatable bonds is 0. The van der Waals surface area contributed by atoms with Gasteiger partial charge in [0, 0.05) is 0 Å². The third-order valence-electron chi connectivity index (χ3n) is 2.20. The predicted molar refractivity (Wildman–Crippen MR) is 64.2 cm³/mol. The van der Waals surface area contributed by atoms with Crippen LogP contribution in [0.15, 0.2) is 29.1 Å². The number of aromatic nitrogens is 3. The average Bonchev–Trinajstić information content (AvgIpc) is 2.50. The number of carbonyl (C=O) groups is 2. The largest absolute Gasteiger partial charge is 0.491 e. The van der Waals surface area contributed by atoms with E-state index in [1.54, 1.807) is 24.3 Å². The van der Waals surface area contributed by atoms with E-state index in [0.29, 0.717) is 10.9 Å². The monoisotopic (exact) mass is 373 g/mol. The molecule has 8 nitrogen and oxygen atoms in total. The van der Waals surface area contributed by atoms with Gasteiger partial charge in [-0.2, -0.15) is 26.3 Å². The summed E-state index contributed by atoms with van der Waals surface area (Å²) in [4.78, 5) is 30.7. The van der Waals surface area contributed by atoms with Crippen molar-refractivity contribution in [3.8, 4) is 0 Å². The van der Waals surface area contributed by atoms with Gasteiger partial charge in [-0.3, -0.25) is 4.79 Å². The Labute approximate surface area is 132 Å². The SMILES string of the molecule is O=C(OC(=O)C(F)(F)F)C(F)(F)F.O=c1c2ccccc2nnn1O. The minimum atomic E-state index is -5.62. The molecule has 1 aromatic heterocycles. The first-order valence-electron chi connectivity index (χ1n) is 5.78. The second-order valence-corrected chi connectivity index (χ2v) is 3.97. The molecular formula is C11H5F6N3O5. The molecule has 0 atom stereocenters. The molecule has 0 unspecified atom stereocenters. The zero-order valence-corrected chi connectivity index (χ0v) is 11.5. The fourth-order valence-corrected chi connectivity index (χ4v) is 1.18. The van der Waals surface area contributed by atoms with Crippen LogP contribution in [-0.4, -0.2) is 44.7 Å². The van der Waals surface area contributed by atoms with Gasteiger partial charge >= 0.3 is 29.9 Å². The van der Waals surface area contributed by atoms with Gasteiger partial charge in [-0.15, -0.1) is 5.10 Å². The third kappa shape index (κ3) is 5.43. The van der Waals surface area contributed by atoms with E-state index in [0.717, 1.165) is 0 Å². The van der Waals surface area contributed by atoms with Gasteiger partial charge in [0.1, 0.15) is 5.52 Å². The van der Waals surface area contributed by atoms with Crippen LogP contribution >= 0.6 is 0 Å². The standard InChI is InChI=1S/C7H5N3O2.C4F6O3/c11-7-5-3-1-2-4-6(5)8-9-10(7)12;5-3(6,7)1(11)13-2(12)4(8,9)10/h1-4,12H;. The molecule has 136 valence electrons. The Morgan fingerprint density at radius 2 is 1.48 bits per heavy atom. The van der Waals surface area contributed by atoms with Crippen LogP contribution in [0.5, 0.6) is 0 Å². The van der Waals surface area contributed by atoms with Crippen LogP contribution in [-0.2, 0) is 14.3 Å². The molecule has 0 aliphatic carbocycles. The number of esters is 2. The summed E-state index contributed by atoms with van der Waals surface area (Å²) in [5.41, 5.74) is -0.0756. The van der Waals surface area contributed by atoms with Gasteiger partial charge < -0.3 is 9.94 Å². The molecule has 25 heavy (non-hydrogen) atoms. The van der Waals surface area contributed by atoms with Gasteiger partial charge in [-0.25, -0.2) is 9.59 Å². The Kier molecular flexibility index (Phi) is 5.67. The molecule has 0 fully saturated rings. The predicted octanol–water partition coefficient (Wildman–Crippen LogP) is 1.21. The minimum Gasteiger partial charge on any atom is -0.407 e. The normalized spacial score (nSPS) is 11.4. The lowest BCUT2D eigenvalue weighted by molar-refractivity contribution is -0.221. The van der Waals surface area contributed by atoms with E-state index < -0.39 is 29.9 Å². The van der Waals surface area contributed by atoms with E-state index in [4.69, 9.17) is 5.21 Å². The average molecular weight is 373 g/mol. The highest BCUT2D eigenvalue weighted by Crippen LogP contribution is 2.21. The maximum Gasteiger partial charge on any atom is 0.491 e. The highest BCUT2D eigenvalue weighted by atomic mass is 19.4. The molecule has 14 heteroatoms. The molecule has 0 spiro atoms. The summed E-state index contributed by atoms with van der Waals surface area (Å²) in [5, 5.41) is 16.0. The van der Waals surface area contributed by atoms with Crippen LogP contribution in [0.3, 0.4) is 0 Å². The first-order valence-corrected chi connectivity index (χ1v) is 5.78. The van der Waals surface area contributed by atoms with Crippen LogP contribution in [0.4, 0.5) is 26.3 Å². The van der Waals surface area contributed by atoms with Crippen LogP contribution in [0, 0.1) is 0 Å². The molecule has 0 aliphatic rings. The molecule has 2 rings (SSSR count). The number of halogens is 6. The zero-order chi connectivity index (χ0) is 19.4. The number of hydrogen-bond acceptors (Lipinski definition) is 7. The van der Waals surface area contributed by atoms with Crippen molar-refractivity contribution in [2.75, 3.05) is 0 Å². The number of hydrogen-bond donors (Lipinski definition) is 1. The highest BCUT2D eigenvalue weighted by molar-refractivity contribution is 5.90. The van der Waals surface area contributed by atoms with Gasteiger partial charge in [-0.05, 0) is 22.2 Å². The number of fused-ring (bicyclic) bond motifs is 1. The topological polar surface area (TPSA) is 111 Å². The van der Waals surface area contributed by atoms with Crippen molar-refractivity contribution in [1.82, 2.24) is 15.2 Å². The Morgan fingerprint density at radius 1 is 1.00 bits per heavy atom. The van der Waals surface area contributed by atoms with Gasteiger partial charge in [0.25, 0.3) is 0 Å². The lowest BCUT2D eigenvalue weighted by atomic mass is 10.2.